The van der Waals surface area contributed by atoms with Crippen LogP contribution in [0.25, 0.3) is 11.1 Å². The number of methoxy groups -OCH3 is 1. The number of hydrogen-bond acceptors (Lipinski definition) is 4. The van der Waals surface area contributed by atoms with Crippen LogP contribution in [0.15, 0.2) is 36.4 Å². The Kier molecular flexibility index (Phi) is 6.44. The van der Waals surface area contributed by atoms with Gasteiger partial charge in [-0.05, 0) is 43.0 Å². The molecule has 0 radical (unpaired) electrons. The molecule has 0 spiro atoms. The molecule has 0 saturated heterocycles. The predicted molar refractivity (Wildman–Crippen MR) is 106 cm³/mol. The van der Waals surface area contributed by atoms with Crippen LogP contribution in [0.4, 0.5) is 22.0 Å². The van der Waals surface area contributed by atoms with E-state index in [4.69, 9.17) is 0 Å². The summed E-state index contributed by atoms with van der Waals surface area (Å²) < 4.78 is 71.1. The molecule has 1 fully saturated rings. The quantitative estimate of drug-likeness (QED) is 0.497. The van der Waals surface area contributed by atoms with E-state index in [1.807, 2.05) is 0 Å². The van der Waals surface area contributed by atoms with E-state index in [1.165, 1.54) is 31.2 Å². The summed E-state index contributed by atoms with van der Waals surface area (Å²) in [4.78, 5) is 35.6. The van der Waals surface area contributed by atoms with Crippen LogP contribution in [-0.2, 0) is 14.3 Å². The van der Waals surface area contributed by atoms with Crippen LogP contribution < -0.4 is 10.6 Å². The molecule has 1 saturated carbocycles. The fourth-order valence-electron chi connectivity index (χ4n) is 3.35. The van der Waals surface area contributed by atoms with Crippen LogP contribution in [0, 0.1) is 11.6 Å². The van der Waals surface area contributed by atoms with Gasteiger partial charge in [0.25, 0.3) is 0 Å². The molecule has 33 heavy (non-hydrogen) atoms. The molecule has 1 atom stereocenters. The van der Waals surface area contributed by atoms with E-state index in [1.54, 1.807) is 5.32 Å². The smallest absolute Gasteiger partial charge is 0.465 e. The maximum atomic E-state index is 14.9. The molecule has 3 rings (SSSR count). The lowest BCUT2D eigenvalue weighted by atomic mass is 9.96. The fourth-order valence-corrected chi connectivity index (χ4v) is 3.35. The molecule has 176 valence electrons. The third-order valence-electron chi connectivity index (χ3n) is 5.32. The minimum Gasteiger partial charge on any atom is -0.465 e. The van der Waals surface area contributed by atoms with Crippen molar-refractivity contribution in [1.29, 1.82) is 0 Å². The third kappa shape index (κ3) is 4.96. The largest absolute Gasteiger partial charge is 0.471 e. The number of rotatable bonds is 6. The van der Waals surface area contributed by atoms with E-state index < -0.39 is 47.2 Å². The highest BCUT2D eigenvalue weighted by Gasteiger charge is 2.55. The molecule has 0 aromatic heterocycles. The van der Waals surface area contributed by atoms with Crippen molar-refractivity contribution in [3.8, 4) is 11.1 Å². The summed E-state index contributed by atoms with van der Waals surface area (Å²) in [6.45, 7) is 1.42. The molecule has 11 heteroatoms. The van der Waals surface area contributed by atoms with E-state index >= 15 is 0 Å². The van der Waals surface area contributed by atoms with E-state index in [2.05, 4.69) is 10.1 Å². The Balaban J connectivity index is 1.80. The Morgan fingerprint density at radius 2 is 1.73 bits per heavy atom. The lowest BCUT2D eigenvalue weighted by Crippen LogP contribution is -2.53. The summed E-state index contributed by atoms with van der Waals surface area (Å²) in [5.41, 5.74) is -1.79. The van der Waals surface area contributed by atoms with Crippen molar-refractivity contribution in [2.24, 2.45) is 0 Å². The van der Waals surface area contributed by atoms with Crippen molar-refractivity contribution in [2.75, 3.05) is 7.11 Å². The van der Waals surface area contributed by atoms with Gasteiger partial charge in [0.05, 0.1) is 13.2 Å². The maximum absolute atomic E-state index is 14.9. The third-order valence-corrected chi connectivity index (χ3v) is 5.32. The highest BCUT2D eigenvalue weighted by Crippen LogP contribution is 2.37. The number of alkyl halides is 3. The van der Waals surface area contributed by atoms with Crippen molar-refractivity contribution in [2.45, 2.75) is 37.5 Å². The van der Waals surface area contributed by atoms with Crippen LogP contribution in [-0.4, -0.2) is 36.6 Å². The van der Waals surface area contributed by atoms with Gasteiger partial charge in [0, 0.05) is 5.56 Å². The highest BCUT2D eigenvalue weighted by molar-refractivity contribution is 5.98. The van der Waals surface area contributed by atoms with Gasteiger partial charge in [-0.3, -0.25) is 9.59 Å². The molecule has 2 amide bonds. The molecule has 6 nitrogen and oxygen atoms in total. The summed E-state index contributed by atoms with van der Waals surface area (Å²) in [6.07, 6.45) is -5.10. The first-order valence-electron chi connectivity index (χ1n) is 9.76. The Bertz CT molecular complexity index is 1110. The summed E-state index contributed by atoms with van der Waals surface area (Å²) >= 11 is 0. The molecule has 0 heterocycles. The van der Waals surface area contributed by atoms with Crippen molar-refractivity contribution in [3.63, 3.8) is 0 Å². The van der Waals surface area contributed by atoms with Crippen molar-refractivity contribution < 1.29 is 41.1 Å². The number of carbonyl (C=O) groups is 3. The normalized spacial score (nSPS) is 15.4. The Morgan fingerprint density at radius 3 is 2.27 bits per heavy atom. The van der Waals surface area contributed by atoms with E-state index in [0.29, 0.717) is 0 Å². The number of hydrogen-bond donors (Lipinski definition) is 2. The summed E-state index contributed by atoms with van der Waals surface area (Å²) in [5.74, 6) is -5.68. The number of nitrogens with one attached hydrogen (secondary N) is 2. The summed E-state index contributed by atoms with van der Waals surface area (Å²) in [6, 6.07) is 6.60. The van der Waals surface area contributed by atoms with E-state index in [-0.39, 0.29) is 35.1 Å². The van der Waals surface area contributed by atoms with Crippen LogP contribution in [0.2, 0.25) is 0 Å². The lowest BCUT2D eigenvalue weighted by Gasteiger charge is -2.22. The number of halogens is 5. The Morgan fingerprint density at radius 1 is 1.06 bits per heavy atom. The second-order valence-electron chi connectivity index (χ2n) is 7.62. The average molecular weight is 470 g/mol. The Hall–Kier alpha value is -3.50. The standard InChI is InChI=1S/C22H19F5N2O4/c1-11(28-19(31)21(8-9-21)29-20(32)22(25,26)27)13-7-6-12(10-16(13)24)14-4-3-5-15(23)17(14)18(30)33-2/h3-7,10-11H,8-9H2,1-2H3,(H,28,31)(H,29,32). The molecule has 1 aliphatic rings. The molecule has 2 N–H and O–H groups in total. The molecule has 2 aromatic carbocycles. The minimum absolute atomic E-state index is 0.000990. The zero-order chi connectivity index (χ0) is 24.6. The minimum atomic E-state index is -5.14. The molecule has 0 bridgehead atoms. The van der Waals surface area contributed by atoms with Crippen LogP contribution in [0.5, 0.6) is 0 Å². The molecular formula is C22H19F5N2O4. The van der Waals surface area contributed by atoms with Gasteiger partial charge < -0.3 is 15.4 Å². The zero-order valence-corrected chi connectivity index (χ0v) is 17.5. The second-order valence-corrected chi connectivity index (χ2v) is 7.62. The monoisotopic (exact) mass is 470 g/mol. The van der Waals surface area contributed by atoms with Crippen LogP contribution in [0.3, 0.4) is 0 Å². The van der Waals surface area contributed by atoms with Crippen molar-refractivity contribution in [1.82, 2.24) is 10.6 Å². The molecule has 1 unspecified atom stereocenters. The SMILES string of the molecule is COC(=O)c1c(F)cccc1-c1ccc(C(C)NC(=O)C2(NC(=O)C(F)(F)F)CC2)c(F)c1. The first kappa shape index (κ1) is 24.1. The summed E-state index contributed by atoms with van der Waals surface area (Å²) in [5, 5.41) is 4.10. The number of ether oxygens (including phenoxy) is 1. The predicted octanol–water partition coefficient (Wildman–Crippen LogP) is 3.81. The first-order valence-corrected chi connectivity index (χ1v) is 9.76. The van der Waals surface area contributed by atoms with E-state index in [0.717, 1.165) is 19.2 Å². The maximum Gasteiger partial charge on any atom is 0.471 e. The van der Waals surface area contributed by atoms with Crippen LogP contribution in [0.1, 0.15) is 41.7 Å². The average Bonchev–Trinajstić information content (AvgIpc) is 3.52. The van der Waals surface area contributed by atoms with Gasteiger partial charge in [0.2, 0.25) is 5.91 Å². The van der Waals surface area contributed by atoms with Gasteiger partial charge in [-0.1, -0.05) is 24.3 Å². The first-order chi connectivity index (χ1) is 15.4. The van der Waals surface area contributed by atoms with Gasteiger partial charge in [-0.25, -0.2) is 13.6 Å². The topological polar surface area (TPSA) is 84.5 Å². The van der Waals surface area contributed by atoms with Gasteiger partial charge in [-0.2, -0.15) is 13.2 Å². The molecule has 1 aliphatic carbocycles. The molecule has 2 aromatic rings. The molecule has 0 aliphatic heterocycles. The Labute approximate surface area is 185 Å². The van der Waals surface area contributed by atoms with Gasteiger partial charge in [-0.15, -0.1) is 0 Å². The van der Waals surface area contributed by atoms with Crippen molar-refractivity contribution >= 4 is 17.8 Å². The number of amides is 2. The summed E-state index contributed by atoms with van der Waals surface area (Å²) in [7, 11) is 1.08. The van der Waals surface area contributed by atoms with Gasteiger partial charge in [0.15, 0.2) is 0 Å². The number of benzene rings is 2. The van der Waals surface area contributed by atoms with Gasteiger partial charge >= 0.3 is 18.1 Å². The second kappa shape index (κ2) is 8.80. The zero-order valence-electron chi connectivity index (χ0n) is 17.5. The highest BCUT2D eigenvalue weighted by atomic mass is 19.4. The van der Waals surface area contributed by atoms with Crippen molar-refractivity contribution in [3.05, 3.63) is 59.2 Å². The number of esters is 1. The molecular weight excluding hydrogens is 451 g/mol. The fraction of sp³-hybridized carbons (Fsp3) is 0.318. The number of carbonyl (C=O) groups excluding carboxylic acids is 3. The van der Waals surface area contributed by atoms with E-state index in [9.17, 15) is 36.3 Å². The lowest BCUT2D eigenvalue weighted by molar-refractivity contribution is -0.175. The van der Waals surface area contributed by atoms with Gasteiger partial charge in [0.1, 0.15) is 22.7 Å². The van der Waals surface area contributed by atoms with Crippen LogP contribution >= 0.6 is 0 Å².